The van der Waals surface area contributed by atoms with E-state index in [1.165, 1.54) is 26.8 Å². The van der Waals surface area contributed by atoms with E-state index in [4.69, 9.17) is 9.47 Å². The zero-order valence-electron chi connectivity index (χ0n) is 29.6. The summed E-state index contributed by atoms with van der Waals surface area (Å²) in [6.07, 6.45) is -7.26. The Morgan fingerprint density at radius 1 is 1.00 bits per heavy atom. The Labute approximate surface area is 286 Å². The first kappa shape index (κ1) is 38.2. The van der Waals surface area contributed by atoms with E-state index in [9.17, 15) is 55.2 Å². The molecule has 1 aliphatic heterocycles. The van der Waals surface area contributed by atoms with Crippen molar-refractivity contribution in [1.82, 2.24) is 0 Å². The summed E-state index contributed by atoms with van der Waals surface area (Å²) in [7, 11) is 0. The molecule has 0 aromatic rings. The van der Waals surface area contributed by atoms with Crippen molar-refractivity contribution >= 4 is 17.3 Å². The van der Waals surface area contributed by atoms with Gasteiger partial charge < -0.3 is 50.3 Å². The van der Waals surface area contributed by atoms with Crippen molar-refractivity contribution in [2.75, 3.05) is 6.61 Å². The number of aliphatic hydroxyl groups excluding tert-OH is 6. The van der Waals surface area contributed by atoms with Crippen molar-refractivity contribution in [1.29, 1.82) is 0 Å². The van der Waals surface area contributed by atoms with Gasteiger partial charge in [0, 0.05) is 30.1 Å². The normalized spacial score (nSPS) is 45.3. The van der Waals surface area contributed by atoms with Gasteiger partial charge in [-0.1, -0.05) is 32.4 Å². The van der Waals surface area contributed by atoms with Gasteiger partial charge in [0.1, 0.15) is 35.8 Å². The van der Waals surface area contributed by atoms with Crippen LogP contribution in [-0.2, 0) is 23.9 Å². The number of carbonyl (C=O) groups excluding carboxylic acids is 3. The molecule has 276 valence electrons. The molecule has 13 heteroatoms. The van der Waals surface area contributed by atoms with E-state index in [1.54, 1.807) is 13.8 Å². The van der Waals surface area contributed by atoms with Crippen molar-refractivity contribution < 1.29 is 64.7 Å². The molecule has 1 saturated heterocycles. The van der Waals surface area contributed by atoms with Gasteiger partial charge in [-0.05, 0) is 70.3 Å². The van der Waals surface area contributed by atoms with E-state index in [0.29, 0.717) is 12.0 Å². The molecular formula is C36H54O13. The third-order valence-electron chi connectivity index (χ3n) is 13.5. The molecule has 2 saturated carbocycles. The Hall–Kier alpha value is -2.07. The zero-order valence-corrected chi connectivity index (χ0v) is 29.6. The van der Waals surface area contributed by atoms with E-state index in [0.717, 1.165) is 0 Å². The van der Waals surface area contributed by atoms with Crippen molar-refractivity contribution in [3.8, 4) is 0 Å². The number of aliphatic hydroxyl groups is 8. The summed E-state index contributed by atoms with van der Waals surface area (Å²) in [6, 6.07) is 0. The third-order valence-corrected chi connectivity index (χ3v) is 13.5. The number of hydrogen-bond acceptors (Lipinski definition) is 13. The van der Waals surface area contributed by atoms with Gasteiger partial charge in [-0.3, -0.25) is 14.4 Å². The lowest BCUT2D eigenvalue weighted by Gasteiger charge is -2.63. The van der Waals surface area contributed by atoms with Crippen LogP contribution < -0.4 is 0 Å². The average molecular weight is 695 g/mol. The molecule has 14 atom stereocenters. The molecular weight excluding hydrogens is 640 g/mol. The van der Waals surface area contributed by atoms with Crippen LogP contribution in [0.4, 0.5) is 0 Å². The van der Waals surface area contributed by atoms with Gasteiger partial charge in [0.25, 0.3) is 0 Å². The van der Waals surface area contributed by atoms with Gasteiger partial charge >= 0.3 is 0 Å². The largest absolute Gasteiger partial charge is 0.459 e. The summed E-state index contributed by atoms with van der Waals surface area (Å²) >= 11 is 0. The van der Waals surface area contributed by atoms with Gasteiger partial charge in [-0.15, -0.1) is 0 Å². The maximum atomic E-state index is 14.7. The van der Waals surface area contributed by atoms with Gasteiger partial charge in [0.05, 0.1) is 29.8 Å². The average Bonchev–Trinajstić information content (AvgIpc) is 3.20. The first-order valence-electron chi connectivity index (χ1n) is 17.1. The highest BCUT2D eigenvalue weighted by Crippen LogP contribution is 2.74. The van der Waals surface area contributed by atoms with Crippen LogP contribution in [0.3, 0.4) is 0 Å². The quantitative estimate of drug-likeness (QED) is 0.158. The SMILES string of the molecule is CC1(C)C(=O)C(O[C@@H]2O[C@H](CO)[C@@H](O)[C@H](O)[C@H]2O)=C[C@@H]2C1=CC[C@@H]1[C@@]2(C)C(=O)C[C@]2(C)[C@@H]([C@@](C)(O)C(=O)C[C@@H](O)C(C)(C)O)[C@H](O)C[C@@]12C. The molecule has 4 aliphatic carbocycles. The molecule has 0 radical (unpaired) electrons. The van der Waals surface area contributed by atoms with Crippen LogP contribution in [0.2, 0.25) is 0 Å². The molecule has 0 unspecified atom stereocenters. The number of allylic oxidation sites excluding steroid dienone is 4. The molecule has 0 amide bonds. The topological polar surface area (TPSA) is 232 Å². The highest BCUT2D eigenvalue weighted by atomic mass is 16.7. The van der Waals surface area contributed by atoms with Crippen LogP contribution in [-0.4, -0.2) is 119 Å². The van der Waals surface area contributed by atoms with Crippen molar-refractivity contribution in [3.63, 3.8) is 0 Å². The Bertz CT molecular complexity index is 1440. The van der Waals surface area contributed by atoms with Crippen LogP contribution in [0.15, 0.2) is 23.5 Å². The second kappa shape index (κ2) is 12.0. The van der Waals surface area contributed by atoms with Crippen LogP contribution in [0.1, 0.15) is 81.1 Å². The fourth-order valence-electron chi connectivity index (χ4n) is 10.1. The Morgan fingerprint density at radius 2 is 1.61 bits per heavy atom. The number of ketones is 3. The molecule has 5 aliphatic rings. The van der Waals surface area contributed by atoms with Gasteiger partial charge in [0.15, 0.2) is 11.5 Å². The lowest BCUT2D eigenvalue weighted by molar-refractivity contribution is -0.291. The van der Waals surface area contributed by atoms with E-state index in [1.807, 2.05) is 26.8 Å². The maximum Gasteiger partial charge on any atom is 0.229 e. The number of carbonyl (C=O) groups is 3. The third kappa shape index (κ3) is 5.42. The zero-order chi connectivity index (χ0) is 37.0. The number of rotatable bonds is 8. The second-order valence-electron chi connectivity index (χ2n) is 17.1. The van der Waals surface area contributed by atoms with Crippen LogP contribution >= 0.6 is 0 Å². The van der Waals surface area contributed by atoms with E-state index >= 15 is 0 Å². The predicted molar refractivity (Wildman–Crippen MR) is 172 cm³/mol. The molecule has 0 aromatic heterocycles. The van der Waals surface area contributed by atoms with E-state index in [2.05, 4.69) is 0 Å². The minimum absolute atomic E-state index is 0.107. The number of ether oxygens (including phenoxy) is 2. The van der Waals surface area contributed by atoms with Gasteiger partial charge in [-0.25, -0.2) is 0 Å². The molecule has 1 heterocycles. The minimum atomic E-state index is -2.15. The Balaban J connectivity index is 1.53. The smallest absolute Gasteiger partial charge is 0.229 e. The predicted octanol–water partition coefficient (Wildman–Crippen LogP) is 0.0727. The molecule has 13 nitrogen and oxygen atoms in total. The van der Waals surface area contributed by atoms with Crippen molar-refractivity contribution in [3.05, 3.63) is 23.5 Å². The Morgan fingerprint density at radius 3 is 2.18 bits per heavy atom. The van der Waals surface area contributed by atoms with Gasteiger partial charge in [0.2, 0.25) is 12.1 Å². The Kier molecular flexibility index (Phi) is 9.34. The monoisotopic (exact) mass is 694 g/mol. The summed E-state index contributed by atoms with van der Waals surface area (Å²) in [5.74, 6) is -3.78. The molecule has 49 heavy (non-hydrogen) atoms. The summed E-state index contributed by atoms with van der Waals surface area (Å²) in [6.45, 7) is 12.3. The first-order chi connectivity index (χ1) is 22.3. The summed E-state index contributed by atoms with van der Waals surface area (Å²) < 4.78 is 11.4. The number of fused-ring (bicyclic) bond motifs is 5. The number of Topliss-reactive ketones (excluding diaryl/α,β-unsaturated/α-hetero) is 3. The first-order valence-corrected chi connectivity index (χ1v) is 17.1. The van der Waals surface area contributed by atoms with Crippen molar-refractivity contribution in [2.45, 2.75) is 135 Å². The highest BCUT2D eigenvalue weighted by molar-refractivity contribution is 6.02. The molecule has 3 fully saturated rings. The molecule has 8 N–H and O–H groups in total. The molecule has 0 bridgehead atoms. The number of hydrogen-bond donors (Lipinski definition) is 8. The summed E-state index contributed by atoms with van der Waals surface area (Å²) in [5, 5.41) is 85.0. The van der Waals surface area contributed by atoms with Crippen LogP contribution in [0, 0.1) is 39.4 Å². The van der Waals surface area contributed by atoms with Crippen molar-refractivity contribution in [2.24, 2.45) is 39.4 Å². The fraction of sp³-hybridized carbons (Fsp3) is 0.806. The van der Waals surface area contributed by atoms with Crippen LogP contribution in [0.25, 0.3) is 0 Å². The maximum absolute atomic E-state index is 14.7. The molecule has 5 rings (SSSR count). The molecule has 0 aromatic carbocycles. The van der Waals surface area contributed by atoms with Gasteiger partial charge in [-0.2, -0.15) is 0 Å². The summed E-state index contributed by atoms with van der Waals surface area (Å²) in [4.78, 5) is 42.1. The summed E-state index contributed by atoms with van der Waals surface area (Å²) in [5.41, 5.74) is -7.23. The minimum Gasteiger partial charge on any atom is -0.459 e. The molecule has 0 spiro atoms. The lowest BCUT2D eigenvalue weighted by atomic mass is 9.39. The van der Waals surface area contributed by atoms with Crippen LogP contribution in [0.5, 0.6) is 0 Å². The van der Waals surface area contributed by atoms with E-state index < -0.39 is 118 Å². The fourth-order valence-corrected chi connectivity index (χ4v) is 10.1. The standard InChI is InChI=1S/C36H54O13/c1-31(2)16-9-10-21-33(5)13-18(38)28(36(8,47)23(40)12-22(39)32(3,4)46)34(33,6)14-24(41)35(21,7)17(16)11-19(29(31)45)48-30-27(44)26(43)25(42)20(15-37)49-30/h9,11,17-18,20-22,25-28,30,37-39,42-44,46-47H,10,12-15H2,1-8H3/t17-,18-,20-,21+,22-,25-,26+,27-,28+,30-,33+,34-,35+,36+/m1/s1. The second-order valence-corrected chi connectivity index (χ2v) is 17.1. The highest BCUT2D eigenvalue weighted by Gasteiger charge is 2.74. The van der Waals surface area contributed by atoms with E-state index in [-0.39, 0.29) is 24.4 Å². The lowest BCUT2D eigenvalue weighted by Crippen LogP contribution is -2.64.